The summed E-state index contributed by atoms with van der Waals surface area (Å²) < 4.78 is 44.5. The van der Waals surface area contributed by atoms with Gasteiger partial charge in [-0.05, 0) is 48.0 Å². The average molecular weight is 485 g/mol. The van der Waals surface area contributed by atoms with Crippen LogP contribution < -0.4 is 10.6 Å². The van der Waals surface area contributed by atoms with E-state index in [0.29, 0.717) is 17.1 Å². The van der Waals surface area contributed by atoms with Gasteiger partial charge in [0.1, 0.15) is 5.82 Å². The van der Waals surface area contributed by atoms with Gasteiger partial charge >= 0.3 is 12.2 Å². The third-order valence-corrected chi connectivity index (χ3v) is 5.65. The highest BCUT2D eigenvalue weighted by Crippen LogP contribution is 2.34. The van der Waals surface area contributed by atoms with E-state index in [9.17, 15) is 18.0 Å². The summed E-state index contributed by atoms with van der Waals surface area (Å²) in [4.78, 5) is 16.2. The number of rotatable bonds is 7. The fourth-order valence-corrected chi connectivity index (χ4v) is 4.01. The van der Waals surface area contributed by atoms with Gasteiger partial charge in [0.25, 0.3) is 5.89 Å². The summed E-state index contributed by atoms with van der Waals surface area (Å²) in [5, 5.41) is 13.3. The van der Waals surface area contributed by atoms with Crippen LogP contribution in [-0.4, -0.2) is 21.1 Å². The van der Waals surface area contributed by atoms with Gasteiger partial charge in [0.2, 0.25) is 5.91 Å². The molecular formula is C23H18F3N5O2S. The summed E-state index contributed by atoms with van der Waals surface area (Å²) in [6.07, 6.45) is -2.83. The smallest absolute Gasteiger partial charge is 0.403 e. The Bertz CT molecular complexity index is 1310. The molecule has 11 heteroatoms. The first-order chi connectivity index (χ1) is 16.3. The molecule has 0 radical (unpaired) electrons. The molecule has 0 saturated heterocycles. The summed E-state index contributed by atoms with van der Waals surface area (Å²) >= 11 is 1.53. The van der Waals surface area contributed by atoms with Gasteiger partial charge in [0.05, 0.1) is 11.1 Å². The highest BCUT2D eigenvalue weighted by molar-refractivity contribution is 7.98. The SMILES string of the molecule is CC(=O)Nc1cc(CSc2ccccc2-c2nnc(Nc3cccc(C(F)(F)F)c3)o2)ccn1. The Kier molecular flexibility index (Phi) is 6.82. The van der Waals surface area contributed by atoms with Gasteiger partial charge < -0.3 is 15.1 Å². The average Bonchev–Trinajstić information content (AvgIpc) is 3.25. The summed E-state index contributed by atoms with van der Waals surface area (Å²) in [6.45, 7) is 1.42. The Morgan fingerprint density at radius 1 is 1.06 bits per heavy atom. The first-order valence-corrected chi connectivity index (χ1v) is 11.0. The van der Waals surface area contributed by atoms with Gasteiger partial charge in [-0.3, -0.25) is 4.79 Å². The number of alkyl halides is 3. The van der Waals surface area contributed by atoms with E-state index < -0.39 is 11.7 Å². The van der Waals surface area contributed by atoms with Crippen LogP contribution in [-0.2, 0) is 16.7 Å². The Balaban J connectivity index is 1.49. The van der Waals surface area contributed by atoms with E-state index in [2.05, 4.69) is 25.8 Å². The predicted molar refractivity (Wildman–Crippen MR) is 123 cm³/mol. The van der Waals surface area contributed by atoms with Crippen molar-refractivity contribution in [3.05, 3.63) is 78.0 Å². The molecule has 0 aliphatic rings. The zero-order valence-electron chi connectivity index (χ0n) is 17.8. The second kappa shape index (κ2) is 9.96. The van der Waals surface area contributed by atoms with Gasteiger partial charge in [0, 0.05) is 29.5 Å². The van der Waals surface area contributed by atoms with E-state index in [-0.39, 0.29) is 23.5 Å². The van der Waals surface area contributed by atoms with Crippen LogP contribution in [0.15, 0.2) is 76.2 Å². The second-order valence-corrected chi connectivity index (χ2v) is 8.15. The molecule has 0 aliphatic carbocycles. The Morgan fingerprint density at radius 2 is 1.88 bits per heavy atom. The lowest BCUT2D eigenvalue weighted by molar-refractivity contribution is -0.137. The van der Waals surface area contributed by atoms with E-state index in [1.165, 1.54) is 30.8 Å². The molecule has 1 amide bonds. The number of carbonyl (C=O) groups is 1. The largest absolute Gasteiger partial charge is 0.416 e. The topological polar surface area (TPSA) is 92.9 Å². The van der Waals surface area contributed by atoms with Crippen molar-refractivity contribution in [1.29, 1.82) is 0 Å². The molecule has 2 N–H and O–H groups in total. The van der Waals surface area contributed by atoms with Gasteiger partial charge in [-0.15, -0.1) is 16.9 Å². The molecule has 0 saturated carbocycles. The van der Waals surface area contributed by atoms with Crippen molar-refractivity contribution >= 4 is 35.2 Å². The third kappa shape index (κ3) is 5.93. The lowest BCUT2D eigenvalue weighted by atomic mass is 10.2. The molecule has 4 aromatic rings. The minimum Gasteiger partial charge on any atom is -0.403 e. The second-order valence-electron chi connectivity index (χ2n) is 7.13. The number of nitrogens with zero attached hydrogens (tertiary/aromatic N) is 3. The van der Waals surface area contributed by atoms with E-state index >= 15 is 0 Å². The van der Waals surface area contributed by atoms with Crippen molar-refractivity contribution in [3.8, 4) is 11.5 Å². The molecule has 0 bridgehead atoms. The minimum absolute atomic E-state index is 0.0248. The number of carbonyl (C=O) groups excluding carboxylic acids is 1. The van der Waals surface area contributed by atoms with Crippen molar-refractivity contribution in [2.24, 2.45) is 0 Å². The number of benzene rings is 2. The molecule has 0 unspecified atom stereocenters. The number of thioether (sulfide) groups is 1. The van der Waals surface area contributed by atoms with Crippen LogP contribution in [0.2, 0.25) is 0 Å². The monoisotopic (exact) mass is 485 g/mol. The highest BCUT2D eigenvalue weighted by Gasteiger charge is 2.30. The number of aromatic nitrogens is 3. The summed E-state index contributed by atoms with van der Waals surface area (Å²) in [5.74, 6) is 1.09. The predicted octanol–water partition coefficient (Wildman–Crippen LogP) is 6.14. The zero-order valence-corrected chi connectivity index (χ0v) is 18.6. The molecule has 0 spiro atoms. The molecule has 0 fully saturated rings. The van der Waals surface area contributed by atoms with Crippen LogP contribution in [0.1, 0.15) is 18.1 Å². The maximum atomic E-state index is 12.9. The van der Waals surface area contributed by atoms with Crippen LogP contribution in [0.5, 0.6) is 0 Å². The summed E-state index contributed by atoms with van der Waals surface area (Å²) in [6, 6.07) is 15.8. The molecule has 2 aromatic heterocycles. The van der Waals surface area contributed by atoms with Crippen molar-refractivity contribution in [2.45, 2.75) is 23.7 Å². The quantitative estimate of drug-likeness (QED) is 0.304. The molecule has 2 aromatic carbocycles. The maximum absolute atomic E-state index is 12.9. The number of halogens is 3. The fourth-order valence-electron chi connectivity index (χ4n) is 3.02. The van der Waals surface area contributed by atoms with E-state index in [0.717, 1.165) is 22.6 Å². The van der Waals surface area contributed by atoms with Crippen LogP contribution >= 0.6 is 11.8 Å². The lowest BCUT2D eigenvalue weighted by Crippen LogP contribution is -2.07. The van der Waals surface area contributed by atoms with Gasteiger partial charge in [-0.25, -0.2) is 4.98 Å². The molecule has 7 nitrogen and oxygen atoms in total. The van der Waals surface area contributed by atoms with Crippen LogP contribution in [0, 0.1) is 0 Å². The van der Waals surface area contributed by atoms with Gasteiger partial charge in [-0.1, -0.05) is 23.3 Å². The Hall–Kier alpha value is -3.86. The highest BCUT2D eigenvalue weighted by atomic mass is 32.2. The van der Waals surface area contributed by atoms with Crippen molar-refractivity contribution in [3.63, 3.8) is 0 Å². The van der Waals surface area contributed by atoms with Crippen LogP contribution in [0.25, 0.3) is 11.5 Å². The fraction of sp³-hybridized carbons (Fsp3) is 0.130. The molecule has 174 valence electrons. The van der Waals surface area contributed by atoms with Crippen molar-refractivity contribution < 1.29 is 22.4 Å². The Labute approximate surface area is 196 Å². The van der Waals surface area contributed by atoms with E-state index in [1.54, 1.807) is 12.3 Å². The van der Waals surface area contributed by atoms with Crippen LogP contribution in [0.3, 0.4) is 0 Å². The lowest BCUT2D eigenvalue weighted by Gasteiger charge is -2.08. The van der Waals surface area contributed by atoms with Gasteiger partial charge in [0.15, 0.2) is 0 Å². The first-order valence-electron chi connectivity index (χ1n) is 10.0. The van der Waals surface area contributed by atoms with Crippen molar-refractivity contribution in [2.75, 3.05) is 10.6 Å². The number of amides is 1. The first kappa shape index (κ1) is 23.3. The molecule has 2 heterocycles. The zero-order chi connectivity index (χ0) is 24.1. The Morgan fingerprint density at radius 3 is 2.68 bits per heavy atom. The molecule has 0 atom stereocenters. The number of anilines is 3. The number of hydrogen-bond acceptors (Lipinski definition) is 7. The van der Waals surface area contributed by atoms with Crippen LogP contribution in [0.4, 0.5) is 30.7 Å². The summed E-state index contributed by atoms with van der Waals surface area (Å²) in [5.41, 5.74) is 1.04. The molecule has 0 aliphatic heterocycles. The standard InChI is InChI=1S/C23H18F3N5O2S/c1-14(32)28-20-11-15(9-10-27-20)13-34-19-8-3-2-7-18(19)21-30-31-22(33-21)29-17-6-4-5-16(12-17)23(24,25)26/h2-12H,13H2,1H3,(H,29,31)(H,27,28,32). The third-order valence-electron chi connectivity index (χ3n) is 4.51. The van der Waals surface area contributed by atoms with E-state index in [1.807, 2.05) is 30.3 Å². The number of hydrogen-bond donors (Lipinski definition) is 2. The number of nitrogens with one attached hydrogen (secondary N) is 2. The number of pyridine rings is 1. The normalized spacial score (nSPS) is 11.3. The van der Waals surface area contributed by atoms with Gasteiger partial charge in [-0.2, -0.15) is 13.2 Å². The van der Waals surface area contributed by atoms with E-state index in [4.69, 9.17) is 4.42 Å². The summed E-state index contributed by atoms with van der Waals surface area (Å²) in [7, 11) is 0. The van der Waals surface area contributed by atoms with Crippen molar-refractivity contribution in [1.82, 2.24) is 15.2 Å². The maximum Gasteiger partial charge on any atom is 0.416 e. The minimum atomic E-state index is -4.45. The molecular weight excluding hydrogens is 467 g/mol. The molecule has 34 heavy (non-hydrogen) atoms. The molecule has 4 rings (SSSR count).